The van der Waals surface area contributed by atoms with Gasteiger partial charge in [0.15, 0.2) is 0 Å². The van der Waals surface area contributed by atoms with Crippen molar-refractivity contribution in [2.24, 2.45) is 11.8 Å². The van der Waals surface area contributed by atoms with Crippen LogP contribution in [0.4, 0.5) is 11.4 Å². The van der Waals surface area contributed by atoms with Crippen molar-refractivity contribution < 1.29 is 14.4 Å². The van der Waals surface area contributed by atoms with Crippen molar-refractivity contribution in [3.05, 3.63) is 57.0 Å². The summed E-state index contributed by atoms with van der Waals surface area (Å²) in [4.78, 5) is 44.2. The molecule has 9 heteroatoms. The molecule has 3 saturated heterocycles. The van der Waals surface area contributed by atoms with E-state index in [2.05, 4.69) is 5.32 Å². The zero-order valence-electron chi connectivity index (χ0n) is 16.1. The third kappa shape index (κ3) is 2.31. The number of rotatable bonds is 1. The van der Waals surface area contributed by atoms with Gasteiger partial charge in [0.25, 0.3) is 0 Å². The van der Waals surface area contributed by atoms with E-state index in [1.54, 1.807) is 30.3 Å². The van der Waals surface area contributed by atoms with Gasteiger partial charge < -0.3 is 5.32 Å². The van der Waals surface area contributed by atoms with Crippen molar-refractivity contribution in [3.8, 4) is 0 Å². The maximum Gasteiger partial charge on any atom is 0.250 e. The second-order valence-corrected chi connectivity index (χ2v) is 9.70. The molecule has 0 bridgehead atoms. The summed E-state index contributed by atoms with van der Waals surface area (Å²) in [5.41, 5.74) is 0.270. The average Bonchev–Trinajstić information content (AvgIpc) is 3.43. The normalized spacial score (nSPS) is 31.4. The van der Waals surface area contributed by atoms with Gasteiger partial charge in [0.1, 0.15) is 5.54 Å². The molecule has 2 aromatic carbocycles. The molecule has 0 radical (unpaired) electrons. The molecule has 0 aromatic heterocycles. The summed E-state index contributed by atoms with van der Waals surface area (Å²) in [6.45, 7) is 0.634. The van der Waals surface area contributed by atoms with Crippen LogP contribution in [-0.2, 0) is 19.9 Å². The number of carbonyl (C=O) groups excluding carboxylic acids is 3. The van der Waals surface area contributed by atoms with Gasteiger partial charge in [-0.25, -0.2) is 4.90 Å². The van der Waals surface area contributed by atoms with Gasteiger partial charge in [-0.1, -0.05) is 34.8 Å². The first-order valence-electron chi connectivity index (χ1n) is 10.1. The molecule has 3 fully saturated rings. The summed E-state index contributed by atoms with van der Waals surface area (Å²) in [6, 6.07) is 9.65. The van der Waals surface area contributed by atoms with Crippen LogP contribution in [0.2, 0.25) is 15.1 Å². The Morgan fingerprint density at radius 2 is 1.71 bits per heavy atom. The van der Waals surface area contributed by atoms with E-state index in [1.807, 2.05) is 4.90 Å². The fraction of sp³-hybridized carbons (Fsp3) is 0.318. The molecule has 1 N–H and O–H groups in total. The highest BCUT2D eigenvalue weighted by molar-refractivity contribution is 6.38. The number of amides is 3. The van der Waals surface area contributed by atoms with Crippen LogP contribution >= 0.6 is 34.8 Å². The SMILES string of the molecule is O=C1[C@@H]2[C@H]3CCCN3[C@@]3(C(=O)Nc4ccc(Cl)cc43)[C@@H]2C(=O)N1c1cc(Cl)ccc1Cl. The number of carbonyl (C=O) groups is 3. The Kier molecular flexibility index (Phi) is 4.07. The molecule has 0 saturated carbocycles. The second-order valence-electron chi connectivity index (χ2n) is 8.42. The Morgan fingerprint density at radius 3 is 2.52 bits per heavy atom. The summed E-state index contributed by atoms with van der Waals surface area (Å²) in [7, 11) is 0. The lowest BCUT2D eigenvalue weighted by atomic mass is 9.75. The summed E-state index contributed by atoms with van der Waals surface area (Å²) >= 11 is 18.8. The van der Waals surface area contributed by atoms with Crippen LogP contribution in [0.1, 0.15) is 18.4 Å². The van der Waals surface area contributed by atoms with Crippen molar-refractivity contribution >= 4 is 63.9 Å². The molecule has 0 unspecified atom stereocenters. The van der Waals surface area contributed by atoms with E-state index in [-0.39, 0.29) is 28.6 Å². The van der Waals surface area contributed by atoms with Gasteiger partial charge in [-0.2, -0.15) is 0 Å². The molecule has 6 rings (SSSR count). The largest absolute Gasteiger partial charge is 0.324 e. The smallest absolute Gasteiger partial charge is 0.250 e. The highest BCUT2D eigenvalue weighted by Crippen LogP contribution is 2.61. The Morgan fingerprint density at radius 1 is 0.968 bits per heavy atom. The highest BCUT2D eigenvalue weighted by Gasteiger charge is 2.74. The van der Waals surface area contributed by atoms with Crippen molar-refractivity contribution in [2.75, 3.05) is 16.8 Å². The van der Waals surface area contributed by atoms with Crippen LogP contribution in [0.3, 0.4) is 0 Å². The van der Waals surface area contributed by atoms with Crippen LogP contribution in [-0.4, -0.2) is 35.2 Å². The van der Waals surface area contributed by atoms with Crippen LogP contribution in [0.5, 0.6) is 0 Å². The number of fused-ring (bicyclic) bond motifs is 7. The number of nitrogens with zero attached hydrogens (tertiary/aromatic N) is 2. The number of anilines is 2. The molecule has 4 aliphatic rings. The van der Waals surface area contributed by atoms with Gasteiger partial charge in [-0.15, -0.1) is 0 Å². The van der Waals surface area contributed by atoms with Gasteiger partial charge in [0.05, 0.1) is 22.5 Å². The Balaban J connectivity index is 1.58. The Labute approximate surface area is 193 Å². The second kappa shape index (κ2) is 6.45. The zero-order valence-corrected chi connectivity index (χ0v) is 18.3. The summed E-state index contributed by atoms with van der Waals surface area (Å²) < 4.78 is 0. The molecule has 158 valence electrons. The lowest BCUT2D eigenvalue weighted by Crippen LogP contribution is -2.54. The van der Waals surface area contributed by atoms with Crippen LogP contribution in [0, 0.1) is 11.8 Å². The monoisotopic (exact) mass is 475 g/mol. The quantitative estimate of drug-likeness (QED) is 0.630. The minimum atomic E-state index is -1.27. The summed E-state index contributed by atoms with van der Waals surface area (Å²) in [5, 5.41) is 4.02. The Hall–Kier alpha value is -2.12. The van der Waals surface area contributed by atoms with Crippen LogP contribution in [0.25, 0.3) is 0 Å². The van der Waals surface area contributed by atoms with E-state index in [0.717, 1.165) is 17.7 Å². The standard InChI is InChI=1S/C22H16Cl3N3O3/c23-10-4-6-14-12(8-10)22(21(31)26-14)18-17(15-2-1-7-27(15)22)19(29)28(20(18)30)16-9-11(24)3-5-13(16)25/h3-6,8-9,15,17-18H,1-2,7H2,(H,26,31)/t15-,17-,18+,22-/m1/s1. The Bertz CT molecular complexity index is 1200. The van der Waals surface area contributed by atoms with Crippen molar-refractivity contribution in [2.45, 2.75) is 24.4 Å². The van der Waals surface area contributed by atoms with Crippen molar-refractivity contribution in [1.82, 2.24) is 4.90 Å². The highest BCUT2D eigenvalue weighted by atomic mass is 35.5. The number of halogens is 3. The molecule has 1 spiro atoms. The van der Waals surface area contributed by atoms with Crippen LogP contribution in [0.15, 0.2) is 36.4 Å². The maximum atomic E-state index is 13.9. The lowest BCUT2D eigenvalue weighted by molar-refractivity contribution is -0.135. The third-order valence-electron chi connectivity index (χ3n) is 7.10. The molecule has 2 aromatic rings. The molecular formula is C22H16Cl3N3O3. The minimum absolute atomic E-state index is 0.208. The third-order valence-corrected chi connectivity index (χ3v) is 7.89. The fourth-order valence-electron chi connectivity index (χ4n) is 6.07. The average molecular weight is 477 g/mol. The van der Waals surface area contributed by atoms with Gasteiger partial charge in [0, 0.05) is 27.3 Å². The van der Waals surface area contributed by atoms with Gasteiger partial charge in [-0.05, 0) is 55.8 Å². The van der Waals surface area contributed by atoms with E-state index >= 15 is 0 Å². The van der Waals surface area contributed by atoms with E-state index in [1.165, 1.54) is 6.07 Å². The van der Waals surface area contributed by atoms with Gasteiger partial charge in [-0.3, -0.25) is 19.3 Å². The first-order valence-corrected chi connectivity index (χ1v) is 11.2. The van der Waals surface area contributed by atoms with Crippen molar-refractivity contribution in [1.29, 1.82) is 0 Å². The molecular weight excluding hydrogens is 461 g/mol. The zero-order chi connectivity index (χ0) is 21.7. The number of imide groups is 1. The molecule has 4 atom stereocenters. The van der Waals surface area contributed by atoms with E-state index < -0.39 is 23.3 Å². The fourth-order valence-corrected chi connectivity index (χ4v) is 6.61. The molecule has 31 heavy (non-hydrogen) atoms. The molecule has 0 aliphatic carbocycles. The van der Waals surface area contributed by atoms with E-state index in [4.69, 9.17) is 34.8 Å². The molecule has 4 aliphatic heterocycles. The number of nitrogens with one attached hydrogen (secondary N) is 1. The van der Waals surface area contributed by atoms with E-state index in [9.17, 15) is 14.4 Å². The first kappa shape index (κ1) is 19.6. The molecule has 6 nitrogen and oxygen atoms in total. The lowest BCUT2D eigenvalue weighted by Gasteiger charge is -2.36. The predicted octanol–water partition coefficient (Wildman–Crippen LogP) is 4.08. The number of hydrogen-bond acceptors (Lipinski definition) is 4. The van der Waals surface area contributed by atoms with Gasteiger partial charge >= 0.3 is 0 Å². The number of hydrogen-bond donors (Lipinski definition) is 1. The summed E-state index contributed by atoms with van der Waals surface area (Å²) in [6.07, 6.45) is 1.58. The summed E-state index contributed by atoms with van der Waals surface area (Å²) in [5.74, 6) is -2.56. The minimum Gasteiger partial charge on any atom is -0.324 e. The molecule has 4 heterocycles. The maximum absolute atomic E-state index is 13.9. The predicted molar refractivity (Wildman–Crippen MR) is 117 cm³/mol. The topological polar surface area (TPSA) is 69.7 Å². The van der Waals surface area contributed by atoms with Crippen LogP contribution < -0.4 is 10.2 Å². The first-order chi connectivity index (χ1) is 14.9. The van der Waals surface area contributed by atoms with E-state index in [0.29, 0.717) is 27.8 Å². The molecule has 3 amide bonds. The van der Waals surface area contributed by atoms with Crippen molar-refractivity contribution in [3.63, 3.8) is 0 Å². The number of benzene rings is 2. The van der Waals surface area contributed by atoms with Gasteiger partial charge in [0.2, 0.25) is 17.7 Å².